The number of ketones is 1. The molecule has 0 saturated heterocycles. The van der Waals surface area contributed by atoms with Gasteiger partial charge in [0.05, 0.1) is 0 Å². The summed E-state index contributed by atoms with van der Waals surface area (Å²) in [5.74, 6) is 1.95. The van der Waals surface area contributed by atoms with Gasteiger partial charge in [-0.05, 0) is 37.8 Å². The fraction of sp³-hybridized carbons (Fsp3) is 0.562. The van der Waals surface area contributed by atoms with Crippen molar-refractivity contribution in [2.75, 3.05) is 13.6 Å². The van der Waals surface area contributed by atoms with E-state index in [0.717, 1.165) is 19.5 Å². The molecule has 2 fully saturated rings. The topological polar surface area (TPSA) is 20.3 Å². The van der Waals surface area contributed by atoms with Crippen LogP contribution < -0.4 is 0 Å². The minimum absolute atomic E-state index is 0. The zero-order valence-corrected chi connectivity index (χ0v) is 12.2. The second-order valence-electron chi connectivity index (χ2n) is 5.96. The summed E-state index contributed by atoms with van der Waals surface area (Å²) in [5.41, 5.74) is 1.33. The highest BCUT2D eigenvalue weighted by Crippen LogP contribution is 2.46. The van der Waals surface area contributed by atoms with E-state index in [1.165, 1.54) is 18.4 Å². The highest BCUT2D eigenvalue weighted by Gasteiger charge is 2.46. The van der Waals surface area contributed by atoms with E-state index < -0.39 is 0 Å². The molecule has 0 amide bonds. The summed E-state index contributed by atoms with van der Waals surface area (Å²) in [5, 5.41) is 0. The average Bonchev–Trinajstić information content (AvgIpc) is 2.94. The molecule has 2 aliphatic rings. The highest BCUT2D eigenvalue weighted by atomic mass is 35.5. The third-order valence-corrected chi connectivity index (χ3v) is 4.61. The van der Waals surface area contributed by atoms with Crippen LogP contribution in [0.1, 0.15) is 24.8 Å². The Morgan fingerprint density at radius 2 is 1.95 bits per heavy atom. The molecule has 0 N–H and O–H groups in total. The van der Waals surface area contributed by atoms with E-state index in [-0.39, 0.29) is 12.4 Å². The highest BCUT2D eigenvalue weighted by molar-refractivity contribution is 5.87. The van der Waals surface area contributed by atoms with Crippen LogP contribution in [0.5, 0.6) is 0 Å². The Bertz CT molecular complexity index is 434. The van der Waals surface area contributed by atoms with E-state index in [1.54, 1.807) is 0 Å². The van der Waals surface area contributed by atoms with E-state index in [1.807, 2.05) is 6.07 Å². The number of hydrogen-bond donors (Lipinski definition) is 0. The predicted octanol–water partition coefficient (Wildman–Crippen LogP) is 3.16. The number of nitrogens with zero attached hydrogens (tertiary/aromatic N) is 1. The lowest BCUT2D eigenvalue weighted by atomic mass is 9.87. The molecule has 1 aromatic carbocycles. The van der Waals surface area contributed by atoms with Crippen LogP contribution >= 0.6 is 12.4 Å². The lowest BCUT2D eigenvalue weighted by Gasteiger charge is -2.26. The third-order valence-electron chi connectivity index (χ3n) is 4.61. The summed E-state index contributed by atoms with van der Waals surface area (Å²) in [6.45, 7) is 1.89. The summed E-state index contributed by atoms with van der Waals surface area (Å²) in [7, 11) is 2.13. The van der Waals surface area contributed by atoms with Gasteiger partial charge in [-0.1, -0.05) is 30.3 Å². The summed E-state index contributed by atoms with van der Waals surface area (Å²) >= 11 is 0. The number of Topliss-reactive ketones (excluding diaryl/α,β-unsaturated/α-hetero) is 1. The van der Waals surface area contributed by atoms with Gasteiger partial charge in [-0.15, -0.1) is 12.4 Å². The molecule has 3 atom stereocenters. The van der Waals surface area contributed by atoms with Crippen molar-refractivity contribution in [1.82, 2.24) is 4.90 Å². The first kappa shape index (κ1) is 14.5. The third kappa shape index (κ3) is 3.01. The molecule has 2 aliphatic carbocycles. The first-order chi connectivity index (χ1) is 8.74. The van der Waals surface area contributed by atoms with Gasteiger partial charge in [0.1, 0.15) is 5.78 Å². The van der Waals surface area contributed by atoms with Crippen LogP contribution in [0.15, 0.2) is 30.3 Å². The second-order valence-corrected chi connectivity index (χ2v) is 5.96. The van der Waals surface area contributed by atoms with Crippen LogP contribution in [0.3, 0.4) is 0 Å². The minimum Gasteiger partial charge on any atom is -0.301 e. The van der Waals surface area contributed by atoms with Gasteiger partial charge in [0.25, 0.3) is 0 Å². The van der Waals surface area contributed by atoms with Gasteiger partial charge in [0, 0.05) is 24.9 Å². The van der Waals surface area contributed by atoms with Gasteiger partial charge in [-0.3, -0.25) is 4.79 Å². The number of carbonyl (C=O) groups excluding carboxylic acids is 1. The number of carbonyl (C=O) groups is 1. The van der Waals surface area contributed by atoms with E-state index in [4.69, 9.17) is 0 Å². The van der Waals surface area contributed by atoms with Crippen molar-refractivity contribution in [2.45, 2.75) is 25.8 Å². The van der Waals surface area contributed by atoms with Gasteiger partial charge in [0.2, 0.25) is 0 Å². The Morgan fingerprint density at radius 3 is 2.58 bits per heavy atom. The number of halogens is 1. The second kappa shape index (κ2) is 6.06. The van der Waals surface area contributed by atoms with Gasteiger partial charge in [-0.2, -0.15) is 0 Å². The first-order valence-electron chi connectivity index (χ1n) is 7.00. The minimum atomic E-state index is 0. The van der Waals surface area contributed by atoms with Crippen molar-refractivity contribution in [2.24, 2.45) is 17.8 Å². The Hall–Kier alpha value is -0.860. The van der Waals surface area contributed by atoms with Crippen molar-refractivity contribution >= 4 is 18.2 Å². The van der Waals surface area contributed by atoms with Crippen LogP contribution in [0.2, 0.25) is 0 Å². The molecule has 2 bridgehead atoms. The molecule has 3 rings (SSSR count). The first-order valence-corrected chi connectivity index (χ1v) is 7.00. The SMILES string of the molecule is CN(Cc1ccccc1)C[C@@H]1C(=O)[C@@H]2CCC1C2.Cl. The van der Waals surface area contributed by atoms with Crippen LogP contribution in [-0.2, 0) is 11.3 Å². The standard InChI is InChI=1S/C16H21NO.ClH/c1-17(10-12-5-3-2-4-6-12)11-15-13-7-8-14(9-13)16(15)18;/h2-6,13-15H,7-11H2,1H3;1H/t13?,14-,15+;/m1./s1. The molecule has 19 heavy (non-hydrogen) atoms. The van der Waals surface area contributed by atoms with Gasteiger partial charge in [-0.25, -0.2) is 0 Å². The molecule has 2 nitrogen and oxygen atoms in total. The maximum absolute atomic E-state index is 12.1. The molecule has 104 valence electrons. The number of rotatable bonds is 4. The Labute approximate surface area is 121 Å². The Morgan fingerprint density at radius 1 is 1.21 bits per heavy atom. The zero-order chi connectivity index (χ0) is 12.5. The summed E-state index contributed by atoms with van der Waals surface area (Å²) in [4.78, 5) is 14.4. The number of fused-ring (bicyclic) bond motifs is 2. The van der Waals surface area contributed by atoms with Crippen molar-refractivity contribution < 1.29 is 4.79 Å². The molecule has 2 saturated carbocycles. The lowest BCUT2D eigenvalue weighted by Crippen LogP contribution is -2.33. The predicted molar refractivity (Wildman–Crippen MR) is 79.4 cm³/mol. The molecular formula is C16H22ClNO. The molecule has 0 aromatic heterocycles. The largest absolute Gasteiger partial charge is 0.301 e. The summed E-state index contributed by atoms with van der Waals surface area (Å²) in [6.07, 6.45) is 3.60. The number of hydrogen-bond acceptors (Lipinski definition) is 2. The molecule has 1 aromatic rings. The lowest BCUT2D eigenvalue weighted by molar-refractivity contribution is -0.126. The van der Waals surface area contributed by atoms with E-state index in [0.29, 0.717) is 23.5 Å². The molecule has 3 heteroatoms. The fourth-order valence-electron chi connectivity index (χ4n) is 3.71. The molecule has 0 aliphatic heterocycles. The molecule has 0 spiro atoms. The van der Waals surface area contributed by atoms with Gasteiger partial charge >= 0.3 is 0 Å². The zero-order valence-electron chi connectivity index (χ0n) is 11.4. The summed E-state index contributed by atoms with van der Waals surface area (Å²) in [6, 6.07) is 10.5. The smallest absolute Gasteiger partial charge is 0.140 e. The summed E-state index contributed by atoms with van der Waals surface area (Å²) < 4.78 is 0. The quantitative estimate of drug-likeness (QED) is 0.844. The fourth-order valence-corrected chi connectivity index (χ4v) is 3.71. The van der Waals surface area contributed by atoms with Crippen LogP contribution in [0.4, 0.5) is 0 Å². The Kier molecular flexibility index (Phi) is 4.64. The normalized spacial score (nSPS) is 28.7. The van der Waals surface area contributed by atoms with Gasteiger partial charge < -0.3 is 4.90 Å². The average molecular weight is 280 g/mol. The number of benzene rings is 1. The van der Waals surface area contributed by atoms with E-state index in [9.17, 15) is 4.79 Å². The van der Waals surface area contributed by atoms with Crippen LogP contribution in [0.25, 0.3) is 0 Å². The van der Waals surface area contributed by atoms with E-state index >= 15 is 0 Å². The maximum Gasteiger partial charge on any atom is 0.140 e. The van der Waals surface area contributed by atoms with Crippen molar-refractivity contribution in [3.05, 3.63) is 35.9 Å². The molecule has 1 unspecified atom stereocenters. The van der Waals surface area contributed by atoms with Crippen molar-refractivity contribution in [3.8, 4) is 0 Å². The van der Waals surface area contributed by atoms with Crippen molar-refractivity contribution in [1.29, 1.82) is 0 Å². The molecule has 0 radical (unpaired) electrons. The molecule has 0 heterocycles. The van der Waals surface area contributed by atoms with Gasteiger partial charge in [0.15, 0.2) is 0 Å². The molecular weight excluding hydrogens is 258 g/mol. The van der Waals surface area contributed by atoms with E-state index in [2.05, 4.69) is 36.2 Å². The van der Waals surface area contributed by atoms with Crippen molar-refractivity contribution in [3.63, 3.8) is 0 Å². The Balaban J connectivity index is 0.00000133. The maximum atomic E-state index is 12.1. The monoisotopic (exact) mass is 279 g/mol. The van der Waals surface area contributed by atoms with Crippen LogP contribution in [0, 0.1) is 17.8 Å². The van der Waals surface area contributed by atoms with Crippen LogP contribution in [-0.4, -0.2) is 24.3 Å².